The predicted molar refractivity (Wildman–Crippen MR) is 97.2 cm³/mol. The number of carbonyl (C=O) groups is 1. The SMILES string of the molecule is C[C@H](Oc1ccc(-c2ccccc2)cc1)C(=O)N[C@H]1CCS(=O)(=O)C1. The van der Waals surface area contributed by atoms with Crippen molar-refractivity contribution < 1.29 is 17.9 Å². The van der Waals surface area contributed by atoms with Gasteiger partial charge in [0.15, 0.2) is 15.9 Å². The Morgan fingerprint density at radius 2 is 1.72 bits per heavy atom. The molecule has 6 heteroatoms. The van der Waals surface area contributed by atoms with E-state index in [9.17, 15) is 13.2 Å². The molecule has 0 unspecified atom stereocenters. The van der Waals surface area contributed by atoms with Crippen molar-refractivity contribution in [2.24, 2.45) is 0 Å². The van der Waals surface area contributed by atoms with E-state index in [1.807, 2.05) is 54.6 Å². The Morgan fingerprint density at radius 1 is 1.08 bits per heavy atom. The van der Waals surface area contributed by atoms with Crippen LogP contribution < -0.4 is 10.1 Å². The second-order valence-electron chi connectivity index (χ2n) is 6.26. The molecule has 1 aliphatic heterocycles. The lowest BCUT2D eigenvalue weighted by atomic mass is 10.1. The second kappa shape index (κ2) is 7.27. The lowest BCUT2D eigenvalue weighted by molar-refractivity contribution is -0.127. The molecular formula is C19H21NO4S. The summed E-state index contributed by atoms with van der Waals surface area (Å²) < 4.78 is 28.6. The highest BCUT2D eigenvalue weighted by molar-refractivity contribution is 7.91. The van der Waals surface area contributed by atoms with Gasteiger partial charge < -0.3 is 10.1 Å². The molecule has 5 nitrogen and oxygen atoms in total. The maximum absolute atomic E-state index is 12.2. The molecule has 1 amide bonds. The van der Waals surface area contributed by atoms with Gasteiger partial charge in [-0.25, -0.2) is 8.42 Å². The molecule has 1 heterocycles. The Kier molecular flexibility index (Phi) is 5.08. The zero-order chi connectivity index (χ0) is 17.9. The monoisotopic (exact) mass is 359 g/mol. The predicted octanol–water partition coefficient (Wildman–Crippen LogP) is 2.42. The average molecular weight is 359 g/mol. The largest absolute Gasteiger partial charge is 0.481 e. The van der Waals surface area contributed by atoms with Gasteiger partial charge in [0.25, 0.3) is 5.91 Å². The van der Waals surface area contributed by atoms with Crippen LogP contribution in [0.5, 0.6) is 5.75 Å². The van der Waals surface area contributed by atoms with E-state index < -0.39 is 15.9 Å². The Balaban J connectivity index is 1.57. The molecule has 25 heavy (non-hydrogen) atoms. The van der Waals surface area contributed by atoms with Crippen molar-refractivity contribution in [2.75, 3.05) is 11.5 Å². The summed E-state index contributed by atoms with van der Waals surface area (Å²) >= 11 is 0. The van der Waals surface area contributed by atoms with Crippen molar-refractivity contribution in [1.82, 2.24) is 5.32 Å². The summed E-state index contributed by atoms with van der Waals surface area (Å²) in [6, 6.07) is 17.2. The van der Waals surface area contributed by atoms with Crippen LogP contribution >= 0.6 is 0 Å². The fraction of sp³-hybridized carbons (Fsp3) is 0.316. The van der Waals surface area contributed by atoms with Crippen molar-refractivity contribution >= 4 is 15.7 Å². The molecule has 2 aromatic carbocycles. The van der Waals surface area contributed by atoms with Crippen LogP contribution in [-0.4, -0.2) is 38.0 Å². The molecule has 1 N–H and O–H groups in total. The van der Waals surface area contributed by atoms with E-state index in [0.717, 1.165) is 11.1 Å². The van der Waals surface area contributed by atoms with Crippen molar-refractivity contribution in [3.05, 3.63) is 54.6 Å². The maximum Gasteiger partial charge on any atom is 0.261 e. The molecule has 1 aliphatic rings. The first-order valence-electron chi connectivity index (χ1n) is 8.26. The third-order valence-electron chi connectivity index (χ3n) is 4.22. The second-order valence-corrected chi connectivity index (χ2v) is 8.49. The summed E-state index contributed by atoms with van der Waals surface area (Å²) in [5.74, 6) is 0.446. The van der Waals surface area contributed by atoms with Crippen LogP contribution in [0.1, 0.15) is 13.3 Å². The van der Waals surface area contributed by atoms with Crippen LogP contribution in [0.2, 0.25) is 0 Å². The van der Waals surface area contributed by atoms with Crippen LogP contribution in [0.25, 0.3) is 11.1 Å². The lowest BCUT2D eigenvalue weighted by Crippen LogP contribution is -2.43. The van der Waals surface area contributed by atoms with E-state index in [4.69, 9.17) is 4.74 Å². The molecule has 0 bridgehead atoms. The van der Waals surface area contributed by atoms with Gasteiger partial charge in [-0.05, 0) is 36.6 Å². The van der Waals surface area contributed by atoms with Gasteiger partial charge in [-0.2, -0.15) is 0 Å². The quantitative estimate of drug-likeness (QED) is 0.890. The number of hydrogen-bond donors (Lipinski definition) is 1. The first-order chi connectivity index (χ1) is 11.9. The third-order valence-corrected chi connectivity index (χ3v) is 5.99. The maximum atomic E-state index is 12.2. The van der Waals surface area contributed by atoms with E-state index in [0.29, 0.717) is 12.2 Å². The zero-order valence-corrected chi connectivity index (χ0v) is 14.8. The Morgan fingerprint density at radius 3 is 2.32 bits per heavy atom. The molecule has 0 radical (unpaired) electrons. The summed E-state index contributed by atoms with van der Waals surface area (Å²) in [4.78, 5) is 12.2. The van der Waals surface area contributed by atoms with E-state index in [2.05, 4.69) is 5.32 Å². The first kappa shape index (κ1) is 17.5. The number of carbonyl (C=O) groups excluding carboxylic acids is 1. The summed E-state index contributed by atoms with van der Waals surface area (Å²) in [5.41, 5.74) is 2.18. The van der Waals surface area contributed by atoms with Gasteiger partial charge in [-0.15, -0.1) is 0 Å². The number of nitrogens with one attached hydrogen (secondary N) is 1. The van der Waals surface area contributed by atoms with Gasteiger partial charge in [-0.3, -0.25) is 4.79 Å². The number of sulfone groups is 1. The van der Waals surface area contributed by atoms with E-state index in [-0.39, 0.29) is 23.5 Å². The van der Waals surface area contributed by atoms with E-state index >= 15 is 0 Å². The van der Waals surface area contributed by atoms with Gasteiger partial charge in [0.1, 0.15) is 5.75 Å². The van der Waals surface area contributed by atoms with Crippen molar-refractivity contribution in [3.8, 4) is 16.9 Å². The van der Waals surface area contributed by atoms with Gasteiger partial charge in [0.05, 0.1) is 11.5 Å². The van der Waals surface area contributed by atoms with Crippen LogP contribution in [0.15, 0.2) is 54.6 Å². The van der Waals surface area contributed by atoms with E-state index in [1.54, 1.807) is 6.92 Å². The molecule has 2 aromatic rings. The minimum Gasteiger partial charge on any atom is -0.481 e. The fourth-order valence-corrected chi connectivity index (χ4v) is 4.51. The van der Waals surface area contributed by atoms with Gasteiger partial charge in [-0.1, -0.05) is 42.5 Å². The number of ether oxygens (including phenoxy) is 1. The Hall–Kier alpha value is -2.34. The summed E-state index contributed by atoms with van der Waals surface area (Å²) in [7, 11) is -3.01. The Bertz CT molecular complexity index is 831. The normalized spacial score (nSPS) is 20.0. The zero-order valence-electron chi connectivity index (χ0n) is 14.0. The average Bonchev–Trinajstić information content (AvgIpc) is 2.95. The van der Waals surface area contributed by atoms with Crippen molar-refractivity contribution in [1.29, 1.82) is 0 Å². The van der Waals surface area contributed by atoms with Crippen LogP contribution in [0, 0.1) is 0 Å². The van der Waals surface area contributed by atoms with E-state index in [1.165, 1.54) is 0 Å². The molecule has 0 spiro atoms. The molecular weight excluding hydrogens is 338 g/mol. The minimum atomic E-state index is -3.01. The summed E-state index contributed by atoms with van der Waals surface area (Å²) in [6.45, 7) is 1.66. The first-order valence-corrected chi connectivity index (χ1v) is 10.1. The lowest BCUT2D eigenvalue weighted by Gasteiger charge is -2.17. The summed E-state index contributed by atoms with van der Waals surface area (Å²) in [6.07, 6.45) is -0.224. The molecule has 0 aromatic heterocycles. The third kappa shape index (κ3) is 4.60. The highest BCUT2D eigenvalue weighted by atomic mass is 32.2. The topological polar surface area (TPSA) is 72.5 Å². The minimum absolute atomic E-state index is 0.0111. The number of hydrogen-bond acceptors (Lipinski definition) is 4. The van der Waals surface area contributed by atoms with Crippen LogP contribution in [-0.2, 0) is 14.6 Å². The molecule has 1 saturated heterocycles. The molecule has 2 atom stereocenters. The highest BCUT2D eigenvalue weighted by Crippen LogP contribution is 2.22. The number of benzene rings is 2. The molecule has 1 fully saturated rings. The fourth-order valence-electron chi connectivity index (χ4n) is 2.84. The van der Waals surface area contributed by atoms with Gasteiger partial charge >= 0.3 is 0 Å². The highest BCUT2D eigenvalue weighted by Gasteiger charge is 2.30. The van der Waals surface area contributed by atoms with Crippen LogP contribution in [0.4, 0.5) is 0 Å². The van der Waals surface area contributed by atoms with Crippen molar-refractivity contribution in [2.45, 2.75) is 25.5 Å². The molecule has 3 rings (SSSR count). The molecule has 0 saturated carbocycles. The number of rotatable bonds is 5. The van der Waals surface area contributed by atoms with Gasteiger partial charge in [0.2, 0.25) is 0 Å². The summed E-state index contributed by atoms with van der Waals surface area (Å²) in [5, 5.41) is 2.75. The van der Waals surface area contributed by atoms with Gasteiger partial charge in [0, 0.05) is 6.04 Å². The standard InChI is InChI=1S/C19H21NO4S/c1-14(19(21)20-17-11-12-25(22,23)13-17)24-18-9-7-16(8-10-18)15-5-3-2-4-6-15/h2-10,14,17H,11-13H2,1H3,(H,20,21)/t14-,17-/m0/s1. The van der Waals surface area contributed by atoms with Crippen molar-refractivity contribution in [3.63, 3.8) is 0 Å². The smallest absolute Gasteiger partial charge is 0.261 e. The number of amides is 1. The molecule has 0 aliphatic carbocycles. The molecule has 132 valence electrons. The van der Waals surface area contributed by atoms with Crippen LogP contribution in [0.3, 0.4) is 0 Å². The Labute approximate surface area is 147 Å².